The molecule has 1 saturated heterocycles. The van der Waals surface area contributed by atoms with Crippen molar-refractivity contribution in [3.05, 3.63) is 35.9 Å². The number of nitrogens with two attached hydrogens (primary N) is 1. The first-order valence-electron chi connectivity index (χ1n) is 6.77. The molecule has 2 rings (SSSR count). The highest BCUT2D eigenvalue weighted by atomic mass is 32.1. The molecule has 19 heavy (non-hydrogen) atoms. The summed E-state index contributed by atoms with van der Waals surface area (Å²) in [6, 6.07) is 10.1. The third-order valence-electron chi connectivity index (χ3n) is 3.74. The first-order chi connectivity index (χ1) is 8.98. The van der Waals surface area contributed by atoms with Crippen molar-refractivity contribution in [2.75, 3.05) is 19.6 Å². The van der Waals surface area contributed by atoms with E-state index in [1.807, 2.05) is 25.1 Å². The van der Waals surface area contributed by atoms with Gasteiger partial charge in [0.05, 0.1) is 10.6 Å². The van der Waals surface area contributed by atoms with Gasteiger partial charge >= 0.3 is 0 Å². The molecular formula is C15H22N2OS. The average Bonchev–Trinajstić information content (AvgIpc) is 2.35. The predicted molar refractivity (Wildman–Crippen MR) is 82.3 cm³/mol. The Morgan fingerprint density at radius 2 is 2.16 bits per heavy atom. The summed E-state index contributed by atoms with van der Waals surface area (Å²) in [5, 5.41) is 10.2. The van der Waals surface area contributed by atoms with Gasteiger partial charge in [-0.2, -0.15) is 0 Å². The summed E-state index contributed by atoms with van der Waals surface area (Å²) in [6.07, 6.45) is 1.89. The van der Waals surface area contributed by atoms with Gasteiger partial charge in [0.1, 0.15) is 0 Å². The van der Waals surface area contributed by atoms with Gasteiger partial charge in [-0.25, -0.2) is 0 Å². The van der Waals surface area contributed by atoms with E-state index < -0.39 is 5.60 Å². The second-order valence-electron chi connectivity index (χ2n) is 5.70. The zero-order valence-corrected chi connectivity index (χ0v) is 12.2. The molecule has 1 aromatic rings. The Kier molecular flexibility index (Phi) is 4.55. The van der Waals surface area contributed by atoms with Crippen LogP contribution in [-0.2, 0) is 0 Å². The molecule has 0 bridgehead atoms. The zero-order chi connectivity index (χ0) is 13.9. The Morgan fingerprint density at radius 3 is 2.74 bits per heavy atom. The van der Waals surface area contributed by atoms with Crippen LogP contribution < -0.4 is 5.73 Å². The lowest BCUT2D eigenvalue weighted by Crippen LogP contribution is -2.48. The second-order valence-corrected chi connectivity index (χ2v) is 6.17. The van der Waals surface area contributed by atoms with Crippen LogP contribution in [0.1, 0.15) is 31.2 Å². The fraction of sp³-hybridized carbons (Fsp3) is 0.533. The minimum atomic E-state index is -0.588. The Balaban J connectivity index is 2.08. The number of hydrogen-bond acceptors (Lipinski definition) is 3. The molecule has 1 aliphatic heterocycles. The number of hydrogen-bond donors (Lipinski definition) is 2. The van der Waals surface area contributed by atoms with Crippen molar-refractivity contribution in [2.45, 2.75) is 31.3 Å². The summed E-state index contributed by atoms with van der Waals surface area (Å²) in [5.41, 5.74) is 6.46. The van der Waals surface area contributed by atoms with Gasteiger partial charge in [0.2, 0.25) is 0 Å². The number of likely N-dealkylation sites (tertiary alicyclic amines) is 1. The Morgan fingerprint density at radius 1 is 1.47 bits per heavy atom. The van der Waals surface area contributed by atoms with Crippen molar-refractivity contribution >= 4 is 17.2 Å². The normalized spacial score (nSPS) is 26.0. The van der Waals surface area contributed by atoms with E-state index in [9.17, 15) is 5.11 Å². The summed E-state index contributed by atoms with van der Waals surface area (Å²) >= 11 is 5.21. The predicted octanol–water partition coefficient (Wildman–Crippen LogP) is 1.90. The second kappa shape index (κ2) is 5.99. The minimum absolute atomic E-state index is 0.0603. The maximum atomic E-state index is 10.2. The number of aliphatic hydroxyl groups is 1. The average molecular weight is 278 g/mol. The van der Waals surface area contributed by atoms with E-state index in [1.54, 1.807) is 0 Å². The fourth-order valence-corrected chi connectivity index (χ4v) is 2.99. The van der Waals surface area contributed by atoms with Crippen LogP contribution in [0.25, 0.3) is 0 Å². The third kappa shape index (κ3) is 4.00. The van der Waals surface area contributed by atoms with E-state index in [1.165, 1.54) is 0 Å². The molecule has 1 aliphatic rings. The van der Waals surface area contributed by atoms with E-state index in [4.69, 9.17) is 18.0 Å². The number of piperidine rings is 1. The molecule has 0 aliphatic carbocycles. The number of nitrogens with zero attached hydrogens (tertiary/aromatic N) is 1. The lowest BCUT2D eigenvalue weighted by atomic mass is 9.92. The molecule has 3 N–H and O–H groups in total. The first kappa shape index (κ1) is 14.4. The summed E-state index contributed by atoms with van der Waals surface area (Å²) in [5.74, 6) is 0.0603. The van der Waals surface area contributed by atoms with Gasteiger partial charge in [-0.05, 0) is 31.9 Å². The largest absolute Gasteiger partial charge is 0.393 e. The van der Waals surface area contributed by atoms with Gasteiger partial charge in [-0.15, -0.1) is 0 Å². The molecule has 0 radical (unpaired) electrons. The molecule has 0 saturated carbocycles. The molecule has 3 nitrogen and oxygen atoms in total. The molecule has 1 aromatic carbocycles. The molecule has 4 heteroatoms. The lowest BCUT2D eigenvalue weighted by Gasteiger charge is -2.38. The highest BCUT2D eigenvalue weighted by Crippen LogP contribution is 2.24. The quantitative estimate of drug-likeness (QED) is 0.826. The van der Waals surface area contributed by atoms with Crippen molar-refractivity contribution in [1.29, 1.82) is 0 Å². The number of benzene rings is 1. The standard InChI is InChI=1S/C15H22N2OS/c1-15(18)8-5-9-17(11-15)10-13(14(16)19)12-6-3-2-4-7-12/h2-4,6-7,13,18H,5,8-11H2,1H3,(H2,16,19). The van der Waals surface area contributed by atoms with E-state index in [-0.39, 0.29) is 5.92 Å². The smallest absolute Gasteiger partial charge is 0.0816 e. The van der Waals surface area contributed by atoms with Gasteiger partial charge < -0.3 is 10.8 Å². The minimum Gasteiger partial charge on any atom is -0.393 e. The molecule has 1 fully saturated rings. The number of β-amino-alcohol motifs (C(OH)–C–C–N with tert-alkyl or cyclic N) is 1. The van der Waals surface area contributed by atoms with Crippen LogP contribution in [-0.4, -0.2) is 40.2 Å². The molecule has 0 aromatic heterocycles. The molecule has 0 spiro atoms. The lowest BCUT2D eigenvalue weighted by molar-refractivity contribution is -0.0156. The van der Waals surface area contributed by atoms with Gasteiger partial charge in [0.25, 0.3) is 0 Å². The topological polar surface area (TPSA) is 49.5 Å². The van der Waals surface area contributed by atoms with Crippen molar-refractivity contribution < 1.29 is 5.11 Å². The van der Waals surface area contributed by atoms with Crippen LogP contribution in [0.4, 0.5) is 0 Å². The van der Waals surface area contributed by atoms with E-state index in [0.29, 0.717) is 11.5 Å². The van der Waals surface area contributed by atoms with Crippen LogP contribution in [0, 0.1) is 0 Å². The molecule has 2 unspecified atom stereocenters. The van der Waals surface area contributed by atoms with Crippen LogP contribution in [0.15, 0.2) is 30.3 Å². The van der Waals surface area contributed by atoms with E-state index in [2.05, 4.69) is 17.0 Å². The van der Waals surface area contributed by atoms with Crippen molar-refractivity contribution in [3.63, 3.8) is 0 Å². The van der Waals surface area contributed by atoms with E-state index >= 15 is 0 Å². The fourth-order valence-electron chi connectivity index (χ4n) is 2.78. The van der Waals surface area contributed by atoms with Gasteiger partial charge in [-0.1, -0.05) is 42.5 Å². The third-order valence-corrected chi connectivity index (χ3v) is 4.02. The van der Waals surface area contributed by atoms with Gasteiger partial charge in [0, 0.05) is 19.0 Å². The summed E-state index contributed by atoms with van der Waals surface area (Å²) in [4.78, 5) is 2.79. The monoisotopic (exact) mass is 278 g/mol. The highest BCUT2D eigenvalue weighted by molar-refractivity contribution is 7.80. The first-order valence-corrected chi connectivity index (χ1v) is 7.18. The van der Waals surface area contributed by atoms with Crippen molar-refractivity contribution in [1.82, 2.24) is 4.90 Å². The molecule has 0 amide bonds. The van der Waals surface area contributed by atoms with Gasteiger partial charge in [-0.3, -0.25) is 4.90 Å². The Hall–Kier alpha value is -0.970. The Labute approximate surface area is 120 Å². The SMILES string of the molecule is CC1(O)CCCN(CC(C(N)=S)c2ccccc2)C1. The summed E-state index contributed by atoms with van der Waals surface area (Å²) in [6.45, 7) is 4.38. The van der Waals surface area contributed by atoms with Crippen LogP contribution in [0.5, 0.6) is 0 Å². The number of rotatable bonds is 4. The van der Waals surface area contributed by atoms with Crippen LogP contribution in [0.2, 0.25) is 0 Å². The zero-order valence-electron chi connectivity index (χ0n) is 11.4. The number of thiocarbonyl (C=S) groups is 1. The van der Waals surface area contributed by atoms with Crippen LogP contribution >= 0.6 is 12.2 Å². The van der Waals surface area contributed by atoms with Gasteiger partial charge in [0.15, 0.2) is 0 Å². The Bertz CT molecular complexity index is 433. The maximum Gasteiger partial charge on any atom is 0.0816 e. The summed E-state index contributed by atoms with van der Waals surface area (Å²) in [7, 11) is 0. The molecule has 1 heterocycles. The molecule has 104 valence electrons. The highest BCUT2D eigenvalue weighted by Gasteiger charge is 2.30. The maximum absolute atomic E-state index is 10.2. The van der Waals surface area contributed by atoms with E-state index in [0.717, 1.165) is 31.5 Å². The molecular weight excluding hydrogens is 256 g/mol. The van der Waals surface area contributed by atoms with Crippen LogP contribution in [0.3, 0.4) is 0 Å². The summed E-state index contributed by atoms with van der Waals surface area (Å²) < 4.78 is 0. The van der Waals surface area contributed by atoms with Crippen molar-refractivity contribution in [3.8, 4) is 0 Å². The molecule has 2 atom stereocenters. The van der Waals surface area contributed by atoms with Crippen molar-refractivity contribution in [2.24, 2.45) is 5.73 Å².